The summed E-state index contributed by atoms with van der Waals surface area (Å²) in [6, 6.07) is -0.219. The van der Waals surface area contributed by atoms with Crippen LogP contribution in [0.4, 0.5) is 0 Å². The Hall–Kier alpha value is -1.59. The van der Waals surface area contributed by atoms with Crippen LogP contribution in [0.3, 0.4) is 0 Å². The molecule has 0 saturated carbocycles. The van der Waals surface area contributed by atoms with Crippen LogP contribution in [0.2, 0.25) is 0 Å². The van der Waals surface area contributed by atoms with Gasteiger partial charge in [0.25, 0.3) is 0 Å². The molecule has 0 saturated heterocycles. The van der Waals surface area contributed by atoms with E-state index in [1.54, 1.807) is 13.8 Å². The second-order valence-electron chi connectivity index (χ2n) is 6.02. The smallest absolute Gasteiger partial charge is 0.323 e. The zero-order chi connectivity index (χ0) is 15.2. The molecule has 0 aliphatic rings. The number of rotatable bonds is 6. The largest absolute Gasteiger partial charge is 0.480 e. The monoisotopic (exact) mass is 272 g/mol. The Bertz CT molecular complexity index is 345. The predicted molar refractivity (Wildman–Crippen MR) is 71.6 cm³/mol. The number of nitrogens with one attached hydrogen (secondary N) is 1. The molecule has 0 aromatic rings. The van der Waals surface area contributed by atoms with Gasteiger partial charge in [-0.05, 0) is 19.3 Å². The maximum absolute atomic E-state index is 11.8. The number of carboxylic acids is 1. The van der Waals surface area contributed by atoms with Crippen molar-refractivity contribution in [3.05, 3.63) is 0 Å². The first-order chi connectivity index (χ1) is 8.53. The fraction of sp³-hybridized carbons (Fsp3) is 0.769. The normalized spacial score (nSPS) is 11.3. The Labute approximate surface area is 114 Å². The lowest BCUT2D eigenvalue weighted by atomic mass is 9.92. The molecule has 6 nitrogen and oxygen atoms in total. The molecule has 0 aliphatic carbocycles. The highest BCUT2D eigenvalue weighted by Crippen LogP contribution is 2.17. The van der Waals surface area contributed by atoms with E-state index in [0.717, 1.165) is 0 Å². The quantitative estimate of drug-likeness (QED) is 0.751. The molecule has 0 aromatic heterocycles. The van der Waals surface area contributed by atoms with Gasteiger partial charge in [-0.3, -0.25) is 14.4 Å². The number of carbonyl (C=O) groups excluding carboxylic acids is 2. The first-order valence-electron chi connectivity index (χ1n) is 6.31. The summed E-state index contributed by atoms with van der Waals surface area (Å²) in [5.41, 5.74) is -0.147. The summed E-state index contributed by atoms with van der Waals surface area (Å²) in [5, 5.41) is 11.3. The van der Waals surface area contributed by atoms with E-state index < -0.39 is 5.97 Å². The van der Waals surface area contributed by atoms with Gasteiger partial charge in [-0.1, -0.05) is 20.8 Å². The predicted octanol–water partition coefficient (Wildman–Crippen LogP) is 0.860. The van der Waals surface area contributed by atoms with E-state index >= 15 is 0 Å². The molecule has 0 aliphatic heterocycles. The summed E-state index contributed by atoms with van der Waals surface area (Å²) < 4.78 is 0. The molecule has 19 heavy (non-hydrogen) atoms. The Morgan fingerprint density at radius 3 is 2.11 bits per heavy atom. The van der Waals surface area contributed by atoms with Crippen molar-refractivity contribution in [3.8, 4) is 0 Å². The summed E-state index contributed by atoms with van der Waals surface area (Å²) in [4.78, 5) is 35.3. The van der Waals surface area contributed by atoms with Crippen LogP contribution in [0.5, 0.6) is 0 Å². The van der Waals surface area contributed by atoms with Gasteiger partial charge in [0, 0.05) is 12.5 Å². The minimum absolute atomic E-state index is 0.147. The summed E-state index contributed by atoms with van der Waals surface area (Å²) in [6.45, 7) is 8.74. The van der Waals surface area contributed by atoms with Gasteiger partial charge in [0.15, 0.2) is 0 Å². The molecule has 0 atom stereocenters. The number of carbonyl (C=O) groups is 3. The Morgan fingerprint density at radius 1 is 1.21 bits per heavy atom. The molecule has 0 rings (SSSR count). The van der Waals surface area contributed by atoms with Crippen molar-refractivity contribution in [2.75, 3.05) is 13.1 Å². The lowest BCUT2D eigenvalue weighted by molar-refractivity contribution is -0.145. The van der Waals surface area contributed by atoms with Crippen molar-refractivity contribution in [2.24, 2.45) is 5.41 Å². The maximum Gasteiger partial charge on any atom is 0.323 e. The minimum atomic E-state index is -1.07. The number of nitrogens with zero attached hydrogens (tertiary/aromatic N) is 1. The number of aliphatic carboxylic acids is 1. The molecule has 0 radical (unpaired) electrons. The van der Waals surface area contributed by atoms with E-state index in [2.05, 4.69) is 5.32 Å². The van der Waals surface area contributed by atoms with E-state index in [-0.39, 0.29) is 36.4 Å². The molecule has 0 unspecified atom stereocenters. The molecule has 6 heteroatoms. The highest BCUT2D eigenvalue weighted by molar-refractivity contribution is 5.87. The van der Waals surface area contributed by atoms with Gasteiger partial charge in [-0.15, -0.1) is 0 Å². The van der Waals surface area contributed by atoms with Gasteiger partial charge >= 0.3 is 5.97 Å². The average molecular weight is 272 g/mol. The van der Waals surface area contributed by atoms with E-state index in [9.17, 15) is 14.4 Å². The van der Waals surface area contributed by atoms with Gasteiger partial charge in [-0.25, -0.2) is 0 Å². The van der Waals surface area contributed by atoms with Crippen LogP contribution in [0.1, 0.15) is 41.0 Å². The van der Waals surface area contributed by atoms with E-state index in [1.807, 2.05) is 20.8 Å². The van der Waals surface area contributed by atoms with Crippen LogP contribution in [0, 0.1) is 5.41 Å². The molecule has 0 aromatic carbocycles. The van der Waals surface area contributed by atoms with E-state index in [0.29, 0.717) is 6.42 Å². The zero-order valence-electron chi connectivity index (χ0n) is 12.3. The molecule has 0 spiro atoms. The zero-order valence-corrected chi connectivity index (χ0v) is 12.3. The number of amides is 2. The van der Waals surface area contributed by atoms with Crippen LogP contribution >= 0.6 is 0 Å². The van der Waals surface area contributed by atoms with Crippen molar-refractivity contribution >= 4 is 17.8 Å². The van der Waals surface area contributed by atoms with Gasteiger partial charge in [0.2, 0.25) is 11.8 Å². The summed E-state index contributed by atoms with van der Waals surface area (Å²) in [7, 11) is 0. The minimum Gasteiger partial charge on any atom is -0.480 e. The lowest BCUT2D eigenvalue weighted by Crippen LogP contribution is -2.46. The van der Waals surface area contributed by atoms with Gasteiger partial charge in [-0.2, -0.15) is 0 Å². The lowest BCUT2D eigenvalue weighted by Gasteiger charge is -2.25. The van der Waals surface area contributed by atoms with Crippen molar-refractivity contribution in [2.45, 2.75) is 47.1 Å². The van der Waals surface area contributed by atoms with Crippen molar-refractivity contribution in [1.82, 2.24) is 10.2 Å². The van der Waals surface area contributed by atoms with E-state index in [1.165, 1.54) is 4.90 Å². The first-order valence-corrected chi connectivity index (χ1v) is 6.31. The third kappa shape index (κ3) is 8.18. The highest BCUT2D eigenvalue weighted by Gasteiger charge is 2.21. The Morgan fingerprint density at radius 2 is 1.74 bits per heavy atom. The average Bonchev–Trinajstić information content (AvgIpc) is 2.19. The number of hydrogen-bond acceptors (Lipinski definition) is 3. The second-order valence-corrected chi connectivity index (χ2v) is 6.02. The van der Waals surface area contributed by atoms with Gasteiger partial charge in [0.05, 0.1) is 6.54 Å². The van der Waals surface area contributed by atoms with Crippen LogP contribution in [-0.2, 0) is 14.4 Å². The fourth-order valence-electron chi connectivity index (χ4n) is 1.52. The molecule has 110 valence electrons. The standard InChI is InChI=1S/C13H24N2O4/c1-9(2)15(8-12(18)19)11(17)7-14-10(16)6-13(3,4)5/h9H,6-8H2,1-5H3,(H,14,16)(H,18,19). The summed E-state index contributed by atoms with van der Waals surface area (Å²) >= 11 is 0. The van der Waals surface area contributed by atoms with Crippen molar-refractivity contribution in [1.29, 1.82) is 0 Å². The molecule has 2 N–H and O–H groups in total. The molecule has 0 bridgehead atoms. The Balaban J connectivity index is 4.34. The van der Waals surface area contributed by atoms with Crippen LogP contribution in [0.15, 0.2) is 0 Å². The van der Waals surface area contributed by atoms with Crippen LogP contribution in [0.25, 0.3) is 0 Å². The fourth-order valence-corrected chi connectivity index (χ4v) is 1.52. The molecule has 0 heterocycles. The second kappa shape index (κ2) is 7.11. The SMILES string of the molecule is CC(C)N(CC(=O)O)C(=O)CNC(=O)CC(C)(C)C. The number of hydrogen-bond donors (Lipinski definition) is 2. The number of carboxylic acid groups (broad SMARTS) is 1. The molecular formula is C13H24N2O4. The van der Waals surface area contributed by atoms with Crippen LogP contribution < -0.4 is 5.32 Å². The van der Waals surface area contributed by atoms with Crippen molar-refractivity contribution < 1.29 is 19.5 Å². The third-order valence-electron chi connectivity index (χ3n) is 2.38. The molecule has 0 fully saturated rings. The summed E-state index contributed by atoms with van der Waals surface area (Å²) in [6.07, 6.45) is 0.320. The van der Waals surface area contributed by atoms with Crippen molar-refractivity contribution in [3.63, 3.8) is 0 Å². The maximum atomic E-state index is 11.8. The molecular weight excluding hydrogens is 248 g/mol. The molecule has 2 amide bonds. The van der Waals surface area contributed by atoms with Gasteiger partial charge < -0.3 is 15.3 Å². The topological polar surface area (TPSA) is 86.7 Å². The van der Waals surface area contributed by atoms with E-state index in [4.69, 9.17) is 5.11 Å². The first kappa shape index (κ1) is 17.4. The van der Waals surface area contributed by atoms with Crippen LogP contribution in [-0.4, -0.2) is 46.9 Å². The third-order valence-corrected chi connectivity index (χ3v) is 2.38. The summed E-state index contributed by atoms with van der Waals surface area (Å²) in [5.74, 6) is -1.66. The van der Waals surface area contributed by atoms with Gasteiger partial charge in [0.1, 0.15) is 6.54 Å². The Kier molecular flexibility index (Phi) is 6.52. The highest BCUT2D eigenvalue weighted by atomic mass is 16.4.